The van der Waals surface area contributed by atoms with Gasteiger partial charge in [0.05, 0.1) is 5.02 Å². The number of hydrogen-bond donors (Lipinski definition) is 1. The fraction of sp³-hybridized carbons (Fsp3) is 0.172. The van der Waals surface area contributed by atoms with Crippen LogP contribution in [0.15, 0.2) is 79.3 Å². The number of fused-ring (bicyclic) bond motifs is 1. The highest BCUT2D eigenvalue weighted by molar-refractivity contribution is 6.33. The van der Waals surface area contributed by atoms with Crippen LogP contribution in [0, 0.1) is 5.92 Å². The third-order valence-corrected chi connectivity index (χ3v) is 6.85. The number of imidazole rings is 1. The number of benzene rings is 2. The van der Waals surface area contributed by atoms with Crippen molar-refractivity contribution in [3.63, 3.8) is 0 Å². The third-order valence-electron chi connectivity index (χ3n) is 6.54. The van der Waals surface area contributed by atoms with Crippen LogP contribution in [0.3, 0.4) is 0 Å². The minimum Gasteiger partial charge on any atom is -0.478 e. The minimum atomic E-state index is -4.82. The van der Waals surface area contributed by atoms with E-state index in [0.29, 0.717) is 5.56 Å². The van der Waals surface area contributed by atoms with Crippen LogP contribution in [-0.2, 0) is 4.79 Å². The highest BCUT2D eigenvalue weighted by Gasteiger charge is 2.32. The highest BCUT2D eigenvalue weighted by Crippen LogP contribution is 2.47. The fourth-order valence-corrected chi connectivity index (χ4v) is 4.91. The first-order valence-corrected chi connectivity index (χ1v) is 12.3. The van der Waals surface area contributed by atoms with E-state index in [-0.39, 0.29) is 16.7 Å². The van der Waals surface area contributed by atoms with Crippen molar-refractivity contribution >= 4 is 40.4 Å². The first-order valence-electron chi connectivity index (χ1n) is 11.9. The Hall–Kier alpha value is -4.04. The number of pyridine rings is 1. The number of aromatic nitrogens is 2. The van der Waals surface area contributed by atoms with E-state index in [1.807, 2.05) is 53.2 Å². The maximum Gasteiger partial charge on any atom is 0.573 e. The molecule has 0 saturated heterocycles. The number of halogens is 4. The molecule has 2 aromatic carbocycles. The van der Waals surface area contributed by atoms with E-state index in [2.05, 4.69) is 9.72 Å². The van der Waals surface area contributed by atoms with Crippen molar-refractivity contribution in [1.29, 1.82) is 0 Å². The molecule has 0 bridgehead atoms. The molecule has 9 heteroatoms. The topological polar surface area (TPSA) is 63.8 Å². The third kappa shape index (κ3) is 5.60. The van der Waals surface area contributed by atoms with E-state index in [4.69, 9.17) is 16.7 Å². The standard InChI is InChI=1S/C29H22ClF3N2O3/c30-24-16-22(38-29(31,32)33)10-11-23(24)28(19-2-1-3-19)27(21-9-12-25-34-14-15-35(25)17-21)20-7-4-18(5-8-20)6-13-26(36)37/h4-17,19H,1-3H2,(H,36,37). The number of ether oxygens (including phenoxy) is 1. The fourth-order valence-electron chi connectivity index (χ4n) is 4.64. The molecule has 38 heavy (non-hydrogen) atoms. The summed E-state index contributed by atoms with van der Waals surface area (Å²) in [6.07, 6.45) is 6.15. The van der Waals surface area contributed by atoms with Crippen molar-refractivity contribution in [2.24, 2.45) is 5.92 Å². The molecular weight excluding hydrogens is 517 g/mol. The van der Waals surface area contributed by atoms with Gasteiger partial charge in [-0.3, -0.25) is 0 Å². The van der Waals surface area contributed by atoms with Crippen LogP contribution >= 0.6 is 11.6 Å². The first-order chi connectivity index (χ1) is 18.2. The van der Waals surface area contributed by atoms with Gasteiger partial charge in [0, 0.05) is 24.7 Å². The lowest BCUT2D eigenvalue weighted by Crippen LogP contribution is -2.18. The summed E-state index contributed by atoms with van der Waals surface area (Å²) < 4.78 is 44.4. The lowest BCUT2D eigenvalue weighted by Gasteiger charge is -2.32. The van der Waals surface area contributed by atoms with Gasteiger partial charge in [0.25, 0.3) is 0 Å². The van der Waals surface area contributed by atoms with Gasteiger partial charge in [-0.15, -0.1) is 13.2 Å². The Labute approximate surface area is 221 Å². The van der Waals surface area contributed by atoms with Gasteiger partial charge in [-0.25, -0.2) is 9.78 Å². The molecule has 5 nitrogen and oxygen atoms in total. The Balaban J connectivity index is 1.71. The van der Waals surface area contributed by atoms with Gasteiger partial charge in [0.2, 0.25) is 0 Å². The van der Waals surface area contributed by atoms with E-state index in [1.54, 1.807) is 12.3 Å². The Morgan fingerprint density at radius 1 is 1.08 bits per heavy atom. The zero-order chi connectivity index (χ0) is 26.9. The summed E-state index contributed by atoms with van der Waals surface area (Å²) in [5, 5.41) is 9.11. The molecule has 4 aromatic rings. The number of rotatable bonds is 7. The molecule has 0 unspecified atom stereocenters. The molecule has 1 aliphatic rings. The minimum absolute atomic E-state index is 0.155. The van der Waals surface area contributed by atoms with Gasteiger partial charge in [-0.2, -0.15) is 0 Å². The van der Waals surface area contributed by atoms with Crippen LogP contribution in [0.1, 0.15) is 41.5 Å². The average Bonchev–Trinajstić information content (AvgIpc) is 3.29. The summed E-state index contributed by atoms with van der Waals surface area (Å²) in [4.78, 5) is 15.2. The van der Waals surface area contributed by atoms with Crippen LogP contribution in [0.5, 0.6) is 5.75 Å². The van der Waals surface area contributed by atoms with Crippen molar-refractivity contribution in [2.75, 3.05) is 0 Å². The summed E-state index contributed by atoms with van der Waals surface area (Å²) in [6, 6.07) is 15.4. The molecule has 1 fully saturated rings. The molecular formula is C29H22ClF3N2O3. The molecule has 1 aliphatic carbocycles. The molecule has 0 spiro atoms. The molecule has 0 amide bonds. The van der Waals surface area contributed by atoms with Crippen molar-refractivity contribution in [2.45, 2.75) is 25.6 Å². The van der Waals surface area contributed by atoms with Crippen LogP contribution in [-0.4, -0.2) is 26.8 Å². The second-order valence-electron chi connectivity index (χ2n) is 9.01. The molecule has 1 N–H and O–H groups in total. The lowest BCUT2D eigenvalue weighted by atomic mass is 9.73. The summed E-state index contributed by atoms with van der Waals surface area (Å²) in [5.74, 6) is -1.26. The molecule has 1 saturated carbocycles. The van der Waals surface area contributed by atoms with Gasteiger partial charge >= 0.3 is 12.3 Å². The van der Waals surface area contributed by atoms with Crippen LogP contribution in [0.2, 0.25) is 5.02 Å². The van der Waals surface area contributed by atoms with Crippen molar-refractivity contribution in [1.82, 2.24) is 9.38 Å². The Morgan fingerprint density at radius 2 is 1.82 bits per heavy atom. The van der Waals surface area contributed by atoms with E-state index < -0.39 is 12.3 Å². The smallest absolute Gasteiger partial charge is 0.478 e. The molecule has 0 atom stereocenters. The van der Waals surface area contributed by atoms with Crippen molar-refractivity contribution in [3.05, 3.63) is 107 Å². The number of carboxylic acid groups (broad SMARTS) is 1. The van der Waals surface area contributed by atoms with E-state index in [0.717, 1.165) is 58.8 Å². The second-order valence-corrected chi connectivity index (χ2v) is 9.42. The summed E-state index contributed by atoms with van der Waals surface area (Å²) >= 11 is 6.61. The molecule has 194 valence electrons. The van der Waals surface area contributed by atoms with E-state index in [9.17, 15) is 18.0 Å². The molecule has 2 heterocycles. The predicted octanol–water partition coefficient (Wildman–Crippen LogP) is 7.74. The van der Waals surface area contributed by atoms with Crippen LogP contribution in [0.25, 0.3) is 22.9 Å². The van der Waals surface area contributed by atoms with Gasteiger partial charge in [-0.1, -0.05) is 42.3 Å². The van der Waals surface area contributed by atoms with E-state index in [1.165, 1.54) is 18.2 Å². The maximum absolute atomic E-state index is 12.8. The van der Waals surface area contributed by atoms with Gasteiger partial charge in [0.1, 0.15) is 11.4 Å². The zero-order valence-corrected chi connectivity index (χ0v) is 20.7. The quantitative estimate of drug-likeness (QED) is 0.193. The predicted molar refractivity (Wildman–Crippen MR) is 140 cm³/mol. The molecule has 2 aromatic heterocycles. The Morgan fingerprint density at radius 3 is 2.45 bits per heavy atom. The second kappa shape index (κ2) is 10.4. The zero-order valence-electron chi connectivity index (χ0n) is 20.0. The number of nitrogens with zero attached hydrogens (tertiary/aromatic N) is 2. The van der Waals surface area contributed by atoms with Crippen LogP contribution in [0.4, 0.5) is 13.2 Å². The number of aliphatic carboxylic acids is 1. The van der Waals surface area contributed by atoms with Gasteiger partial charge in [0.15, 0.2) is 0 Å². The van der Waals surface area contributed by atoms with Crippen molar-refractivity contribution < 1.29 is 27.8 Å². The van der Waals surface area contributed by atoms with E-state index >= 15 is 0 Å². The van der Waals surface area contributed by atoms with Crippen LogP contribution < -0.4 is 4.74 Å². The largest absolute Gasteiger partial charge is 0.573 e. The molecule has 0 aliphatic heterocycles. The molecule has 0 radical (unpaired) electrons. The SMILES string of the molecule is O=C(O)C=Cc1ccc(C(=C(c2ccc(OC(F)(F)F)cc2Cl)C2CCC2)c2ccc3nccn3c2)cc1. The first kappa shape index (κ1) is 25.6. The summed E-state index contributed by atoms with van der Waals surface area (Å²) in [7, 11) is 0. The summed E-state index contributed by atoms with van der Waals surface area (Å²) in [5.41, 5.74) is 5.72. The normalized spacial score (nSPS) is 14.9. The number of hydrogen-bond acceptors (Lipinski definition) is 3. The van der Waals surface area contributed by atoms with Crippen molar-refractivity contribution in [3.8, 4) is 5.75 Å². The maximum atomic E-state index is 12.8. The number of allylic oxidation sites excluding steroid dienone is 1. The summed E-state index contributed by atoms with van der Waals surface area (Å²) in [6.45, 7) is 0. The molecule has 5 rings (SSSR count). The monoisotopic (exact) mass is 538 g/mol. The van der Waals surface area contributed by atoms with Gasteiger partial charge in [-0.05, 0) is 88.6 Å². The highest BCUT2D eigenvalue weighted by atomic mass is 35.5. The van der Waals surface area contributed by atoms with Gasteiger partial charge < -0.3 is 14.2 Å². The lowest BCUT2D eigenvalue weighted by molar-refractivity contribution is -0.274. The Bertz CT molecular complexity index is 1550. The number of carbonyl (C=O) groups is 1. The Kier molecular flexibility index (Phi) is 6.99. The number of alkyl halides is 3. The average molecular weight is 539 g/mol. The number of carboxylic acids is 1.